The molecule has 19 heavy (non-hydrogen) atoms. The molecule has 110 valence electrons. The number of methoxy groups -OCH3 is 1. The molecule has 0 aromatic carbocycles. The van der Waals surface area contributed by atoms with E-state index in [0.717, 1.165) is 12.8 Å². The molecular weight excluding hydrogens is 248 g/mol. The van der Waals surface area contributed by atoms with E-state index < -0.39 is 6.10 Å². The van der Waals surface area contributed by atoms with E-state index in [1.807, 2.05) is 0 Å². The lowest BCUT2D eigenvalue weighted by molar-refractivity contribution is -0.189. The zero-order chi connectivity index (χ0) is 13.8. The topological polar surface area (TPSA) is 54.0 Å². The number of ether oxygens (including phenoxy) is 4. The van der Waals surface area contributed by atoms with E-state index in [0.29, 0.717) is 19.6 Å². The van der Waals surface area contributed by atoms with Crippen LogP contribution in [0.4, 0.5) is 0 Å². The fourth-order valence-electron chi connectivity index (χ4n) is 2.75. The summed E-state index contributed by atoms with van der Waals surface area (Å²) in [4.78, 5) is 11.5. The molecule has 2 aliphatic rings. The molecule has 1 heterocycles. The van der Waals surface area contributed by atoms with Crippen molar-refractivity contribution in [3.63, 3.8) is 0 Å². The van der Waals surface area contributed by atoms with Crippen molar-refractivity contribution in [3.05, 3.63) is 0 Å². The van der Waals surface area contributed by atoms with E-state index in [2.05, 4.69) is 13.8 Å². The van der Waals surface area contributed by atoms with Gasteiger partial charge in [-0.15, -0.1) is 0 Å². The minimum Gasteiger partial charge on any atom is -0.382 e. The maximum absolute atomic E-state index is 11.5. The van der Waals surface area contributed by atoms with Crippen molar-refractivity contribution in [2.75, 3.05) is 20.3 Å². The van der Waals surface area contributed by atoms with Gasteiger partial charge in [0.05, 0.1) is 37.6 Å². The molecular formula is C14H24O5. The van der Waals surface area contributed by atoms with Crippen LogP contribution in [-0.2, 0) is 23.7 Å². The fraction of sp³-hybridized carbons (Fsp3) is 0.929. The van der Waals surface area contributed by atoms with Crippen LogP contribution in [0.15, 0.2) is 0 Å². The first-order valence-corrected chi connectivity index (χ1v) is 7.04. The highest BCUT2D eigenvalue weighted by Gasteiger charge is 2.43. The highest BCUT2D eigenvalue weighted by atomic mass is 16.6. The van der Waals surface area contributed by atoms with Gasteiger partial charge in [-0.25, -0.2) is 0 Å². The SMILES string of the molecule is COCCOC1C(=O)CC1OC1CC(C)OC(C)C1. The van der Waals surface area contributed by atoms with E-state index in [1.54, 1.807) is 7.11 Å². The van der Waals surface area contributed by atoms with Gasteiger partial charge in [-0.3, -0.25) is 4.79 Å². The molecule has 0 aromatic rings. The van der Waals surface area contributed by atoms with Gasteiger partial charge in [0.25, 0.3) is 0 Å². The van der Waals surface area contributed by atoms with Crippen LogP contribution in [0.2, 0.25) is 0 Å². The van der Waals surface area contributed by atoms with Crippen LogP contribution < -0.4 is 0 Å². The number of carbonyl (C=O) groups is 1. The monoisotopic (exact) mass is 272 g/mol. The van der Waals surface area contributed by atoms with Crippen LogP contribution in [0.5, 0.6) is 0 Å². The first kappa shape index (κ1) is 14.9. The van der Waals surface area contributed by atoms with E-state index >= 15 is 0 Å². The molecule has 1 aliphatic carbocycles. The van der Waals surface area contributed by atoms with Gasteiger partial charge >= 0.3 is 0 Å². The lowest BCUT2D eigenvalue weighted by atomic mass is 9.89. The minimum atomic E-state index is -0.399. The van der Waals surface area contributed by atoms with Crippen LogP contribution in [0.3, 0.4) is 0 Å². The van der Waals surface area contributed by atoms with Crippen LogP contribution in [0, 0.1) is 0 Å². The summed E-state index contributed by atoms with van der Waals surface area (Å²) >= 11 is 0. The number of Topliss-reactive ketones (excluding diaryl/α,β-unsaturated/α-hetero) is 1. The van der Waals surface area contributed by atoms with Gasteiger partial charge in [-0.05, 0) is 26.7 Å². The Morgan fingerprint density at radius 1 is 1.21 bits per heavy atom. The molecule has 4 unspecified atom stereocenters. The van der Waals surface area contributed by atoms with E-state index in [1.165, 1.54) is 0 Å². The lowest BCUT2D eigenvalue weighted by Gasteiger charge is -2.40. The predicted octanol–water partition coefficient (Wildman–Crippen LogP) is 1.33. The second-order valence-electron chi connectivity index (χ2n) is 5.48. The van der Waals surface area contributed by atoms with Crippen LogP contribution in [0.25, 0.3) is 0 Å². The Bertz CT molecular complexity index is 296. The van der Waals surface area contributed by atoms with Crippen LogP contribution in [0.1, 0.15) is 33.1 Å². The van der Waals surface area contributed by atoms with Crippen LogP contribution >= 0.6 is 0 Å². The van der Waals surface area contributed by atoms with Crippen molar-refractivity contribution in [2.45, 2.75) is 63.6 Å². The summed E-state index contributed by atoms with van der Waals surface area (Å²) in [6, 6.07) is 0. The van der Waals surface area contributed by atoms with Crippen LogP contribution in [-0.4, -0.2) is 56.6 Å². The van der Waals surface area contributed by atoms with E-state index in [9.17, 15) is 4.79 Å². The summed E-state index contributed by atoms with van der Waals surface area (Å²) in [5.74, 6) is 0.134. The van der Waals surface area contributed by atoms with Gasteiger partial charge in [-0.1, -0.05) is 0 Å². The third-order valence-corrected chi connectivity index (χ3v) is 3.66. The number of hydrogen-bond acceptors (Lipinski definition) is 5. The molecule has 0 aromatic heterocycles. The van der Waals surface area contributed by atoms with Crippen molar-refractivity contribution in [3.8, 4) is 0 Å². The number of hydrogen-bond donors (Lipinski definition) is 0. The average molecular weight is 272 g/mol. The third kappa shape index (κ3) is 3.99. The standard InChI is InChI=1S/C14H24O5/c1-9-6-11(7-10(2)18-9)19-13-8-12(15)14(13)17-5-4-16-3/h9-11,13-14H,4-8H2,1-3H3. The summed E-state index contributed by atoms with van der Waals surface area (Å²) in [6.45, 7) is 5.06. The average Bonchev–Trinajstić information content (AvgIpc) is 2.33. The summed E-state index contributed by atoms with van der Waals surface area (Å²) < 4.78 is 22.1. The van der Waals surface area contributed by atoms with Crippen molar-refractivity contribution in [2.24, 2.45) is 0 Å². The van der Waals surface area contributed by atoms with Crippen molar-refractivity contribution in [1.29, 1.82) is 0 Å². The highest BCUT2D eigenvalue weighted by Crippen LogP contribution is 2.29. The Morgan fingerprint density at radius 3 is 2.47 bits per heavy atom. The highest BCUT2D eigenvalue weighted by molar-refractivity contribution is 5.90. The largest absolute Gasteiger partial charge is 0.382 e. The van der Waals surface area contributed by atoms with Crippen molar-refractivity contribution >= 4 is 5.78 Å². The summed E-state index contributed by atoms with van der Waals surface area (Å²) in [6.07, 6.45) is 2.37. The lowest BCUT2D eigenvalue weighted by Crippen LogP contribution is -2.53. The molecule has 1 saturated heterocycles. The molecule has 0 amide bonds. The molecule has 0 N–H and O–H groups in total. The molecule has 2 fully saturated rings. The van der Waals surface area contributed by atoms with Gasteiger partial charge in [0.1, 0.15) is 6.10 Å². The molecule has 1 saturated carbocycles. The molecule has 2 rings (SSSR count). The summed E-state index contributed by atoms with van der Waals surface area (Å²) in [7, 11) is 1.62. The Morgan fingerprint density at radius 2 is 1.89 bits per heavy atom. The zero-order valence-corrected chi connectivity index (χ0v) is 12.0. The molecule has 4 atom stereocenters. The third-order valence-electron chi connectivity index (χ3n) is 3.66. The second kappa shape index (κ2) is 6.79. The van der Waals surface area contributed by atoms with Gasteiger partial charge in [0.2, 0.25) is 0 Å². The molecule has 0 radical (unpaired) electrons. The summed E-state index contributed by atoms with van der Waals surface area (Å²) in [5, 5.41) is 0. The Hall–Kier alpha value is -0.490. The Labute approximate surface area is 114 Å². The van der Waals surface area contributed by atoms with E-state index in [4.69, 9.17) is 18.9 Å². The molecule has 5 heteroatoms. The predicted molar refractivity (Wildman–Crippen MR) is 69.1 cm³/mol. The molecule has 0 spiro atoms. The molecule has 0 bridgehead atoms. The quantitative estimate of drug-likeness (QED) is 0.683. The fourth-order valence-corrected chi connectivity index (χ4v) is 2.75. The summed E-state index contributed by atoms with van der Waals surface area (Å²) in [5.41, 5.74) is 0. The first-order valence-electron chi connectivity index (χ1n) is 7.04. The molecule has 5 nitrogen and oxygen atoms in total. The normalized spacial score (nSPS) is 39.1. The minimum absolute atomic E-state index is 0.0909. The number of ketones is 1. The van der Waals surface area contributed by atoms with E-state index in [-0.39, 0.29) is 30.2 Å². The number of carbonyl (C=O) groups excluding carboxylic acids is 1. The van der Waals surface area contributed by atoms with Gasteiger partial charge in [0.15, 0.2) is 5.78 Å². The molecule has 1 aliphatic heterocycles. The maximum Gasteiger partial charge on any atom is 0.166 e. The van der Waals surface area contributed by atoms with Gasteiger partial charge in [-0.2, -0.15) is 0 Å². The zero-order valence-electron chi connectivity index (χ0n) is 12.0. The van der Waals surface area contributed by atoms with Gasteiger partial charge in [0, 0.05) is 13.5 Å². The van der Waals surface area contributed by atoms with Gasteiger partial charge < -0.3 is 18.9 Å². The van der Waals surface area contributed by atoms with Crippen molar-refractivity contribution in [1.82, 2.24) is 0 Å². The smallest absolute Gasteiger partial charge is 0.166 e. The number of rotatable bonds is 6. The second-order valence-corrected chi connectivity index (χ2v) is 5.48. The Kier molecular flexibility index (Phi) is 5.33. The first-order chi connectivity index (χ1) is 9.10. The maximum atomic E-state index is 11.5. The van der Waals surface area contributed by atoms with Crippen molar-refractivity contribution < 1.29 is 23.7 Å². The Balaban J connectivity index is 1.77.